The van der Waals surface area contributed by atoms with Gasteiger partial charge in [0.2, 0.25) is 0 Å². The Hall–Kier alpha value is -0.930. The summed E-state index contributed by atoms with van der Waals surface area (Å²) in [5.41, 5.74) is -0.390. The molecule has 0 radical (unpaired) electrons. The molecule has 0 heterocycles. The minimum atomic E-state index is -1.25. The van der Waals surface area contributed by atoms with Crippen LogP contribution < -0.4 is 0 Å². The molecule has 0 saturated carbocycles. The smallest absolute Gasteiger partial charge is 0.449 e. The summed E-state index contributed by atoms with van der Waals surface area (Å²) in [6.07, 6.45) is -1.25. The van der Waals surface area contributed by atoms with Crippen LogP contribution in [0.4, 0.5) is 4.79 Å². The molecule has 0 aromatic heterocycles. The molecule has 0 rings (SSSR count). The number of azo groups is 1. The molecule has 0 aliphatic carbocycles. The van der Waals surface area contributed by atoms with Gasteiger partial charge in [-0.25, -0.2) is 4.79 Å². The summed E-state index contributed by atoms with van der Waals surface area (Å²) in [6, 6.07) is 0. The van der Waals surface area contributed by atoms with E-state index in [4.69, 9.17) is 5.11 Å². The van der Waals surface area contributed by atoms with Crippen molar-refractivity contribution >= 4 is 6.09 Å². The molecule has 0 aromatic rings. The van der Waals surface area contributed by atoms with Crippen LogP contribution in [0.2, 0.25) is 0 Å². The lowest BCUT2D eigenvalue weighted by Gasteiger charge is -2.06. The summed E-state index contributed by atoms with van der Waals surface area (Å²) in [5, 5.41) is 14.4. The standard InChI is InChI=1S/C5H10N2O2/c1-5(2,3)7-6-4(8)9/h1-3H3,(H,8,9)/b7-6+. The predicted octanol–water partition coefficient (Wildman–Crippen LogP) is 1.92. The van der Waals surface area contributed by atoms with Gasteiger partial charge in [-0.15, -0.1) is 0 Å². The van der Waals surface area contributed by atoms with E-state index >= 15 is 0 Å². The maximum atomic E-state index is 9.79. The summed E-state index contributed by atoms with van der Waals surface area (Å²) < 4.78 is 0. The van der Waals surface area contributed by atoms with Crippen molar-refractivity contribution < 1.29 is 9.90 Å². The van der Waals surface area contributed by atoms with Crippen LogP contribution in [0.15, 0.2) is 10.2 Å². The van der Waals surface area contributed by atoms with Crippen LogP contribution in [-0.2, 0) is 0 Å². The fourth-order valence-corrected chi connectivity index (χ4v) is 0.193. The van der Waals surface area contributed by atoms with Crippen molar-refractivity contribution in [1.29, 1.82) is 0 Å². The number of amides is 1. The Balaban J connectivity index is 3.86. The summed E-state index contributed by atoms with van der Waals surface area (Å²) in [7, 11) is 0. The molecule has 4 nitrogen and oxygen atoms in total. The lowest BCUT2D eigenvalue weighted by Crippen LogP contribution is -2.08. The molecular formula is C5H10N2O2. The average Bonchev–Trinajstić information content (AvgIpc) is 1.59. The van der Waals surface area contributed by atoms with E-state index in [1.165, 1.54) is 0 Å². The van der Waals surface area contributed by atoms with Gasteiger partial charge >= 0.3 is 6.09 Å². The first-order chi connectivity index (χ1) is 3.92. The molecule has 1 N–H and O–H groups in total. The third kappa shape index (κ3) is 7.07. The van der Waals surface area contributed by atoms with Gasteiger partial charge in [-0.3, -0.25) is 0 Å². The van der Waals surface area contributed by atoms with Crippen molar-refractivity contribution in [3.05, 3.63) is 0 Å². The largest absolute Gasteiger partial charge is 0.462 e. The highest BCUT2D eigenvalue weighted by Gasteiger charge is 2.06. The number of hydrogen-bond donors (Lipinski definition) is 1. The molecule has 0 atom stereocenters. The van der Waals surface area contributed by atoms with Crippen molar-refractivity contribution in [2.24, 2.45) is 10.2 Å². The molecule has 0 unspecified atom stereocenters. The van der Waals surface area contributed by atoms with Gasteiger partial charge in [0.25, 0.3) is 0 Å². The highest BCUT2D eigenvalue weighted by atomic mass is 16.4. The van der Waals surface area contributed by atoms with Gasteiger partial charge in [0, 0.05) is 0 Å². The molecule has 0 spiro atoms. The summed E-state index contributed by atoms with van der Waals surface area (Å²) in [6.45, 7) is 5.33. The van der Waals surface area contributed by atoms with E-state index in [2.05, 4.69) is 10.2 Å². The Morgan fingerprint density at radius 3 is 2.00 bits per heavy atom. The monoisotopic (exact) mass is 130 g/mol. The Morgan fingerprint density at radius 1 is 1.44 bits per heavy atom. The first kappa shape index (κ1) is 8.07. The minimum Gasteiger partial charge on any atom is -0.462 e. The zero-order valence-electron chi connectivity index (χ0n) is 5.75. The second-order valence-corrected chi connectivity index (χ2v) is 2.65. The second-order valence-electron chi connectivity index (χ2n) is 2.65. The number of carboxylic acid groups (broad SMARTS) is 1. The molecule has 9 heavy (non-hydrogen) atoms. The van der Waals surface area contributed by atoms with E-state index < -0.39 is 11.6 Å². The normalized spacial score (nSPS) is 12.3. The summed E-state index contributed by atoms with van der Waals surface area (Å²) in [4.78, 5) is 9.79. The molecular weight excluding hydrogens is 120 g/mol. The van der Waals surface area contributed by atoms with Crippen LogP contribution in [0.25, 0.3) is 0 Å². The molecule has 0 bridgehead atoms. The van der Waals surface area contributed by atoms with Crippen LogP contribution in [0.5, 0.6) is 0 Å². The highest BCUT2D eigenvalue weighted by Crippen LogP contribution is 2.05. The molecule has 52 valence electrons. The Kier molecular flexibility index (Phi) is 2.30. The summed E-state index contributed by atoms with van der Waals surface area (Å²) in [5.74, 6) is 0. The number of carbonyl (C=O) groups is 1. The highest BCUT2D eigenvalue weighted by molar-refractivity contribution is 5.64. The topological polar surface area (TPSA) is 62.0 Å². The van der Waals surface area contributed by atoms with Crippen LogP contribution >= 0.6 is 0 Å². The van der Waals surface area contributed by atoms with Gasteiger partial charge in [-0.05, 0) is 20.8 Å². The van der Waals surface area contributed by atoms with E-state index in [0.717, 1.165) is 0 Å². The van der Waals surface area contributed by atoms with Crippen molar-refractivity contribution in [3.8, 4) is 0 Å². The quantitative estimate of drug-likeness (QED) is 0.509. The van der Waals surface area contributed by atoms with Gasteiger partial charge < -0.3 is 5.11 Å². The SMILES string of the molecule is CC(C)(C)/N=N/C(=O)O. The molecule has 0 saturated heterocycles. The second kappa shape index (κ2) is 2.57. The van der Waals surface area contributed by atoms with Gasteiger partial charge in [-0.1, -0.05) is 5.11 Å². The van der Waals surface area contributed by atoms with E-state index in [9.17, 15) is 4.79 Å². The fraction of sp³-hybridized carbons (Fsp3) is 0.800. The first-order valence-corrected chi connectivity index (χ1v) is 2.57. The zero-order valence-corrected chi connectivity index (χ0v) is 5.75. The van der Waals surface area contributed by atoms with E-state index in [0.29, 0.717) is 0 Å². The fourth-order valence-electron chi connectivity index (χ4n) is 0.193. The maximum absolute atomic E-state index is 9.79. The van der Waals surface area contributed by atoms with Gasteiger partial charge in [-0.2, -0.15) is 5.11 Å². The lowest BCUT2D eigenvalue weighted by molar-refractivity contribution is 0.202. The van der Waals surface area contributed by atoms with Crippen molar-refractivity contribution in [2.45, 2.75) is 26.3 Å². The molecule has 0 fully saturated rings. The number of hydrogen-bond acceptors (Lipinski definition) is 2. The average molecular weight is 130 g/mol. The van der Waals surface area contributed by atoms with Gasteiger partial charge in [0.1, 0.15) is 0 Å². The van der Waals surface area contributed by atoms with E-state index in [1.807, 2.05) is 0 Å². The van der Waals surface area contributed by atoms with E-state index in [1.54, 1.807) is 20.8 Å². The maximum Gasteiger partial charge on any atom is 0.449 e. The third-order valence-corrected chi connectivity index (χ3v) is 0.436. The zero-order chi connectivity index (χ0) is 7.49. The summed E-state index contributed by atoms with van der Waals surface area (Å²) >= 11 is 0. The van der Waals surface area contributed by atoms with Gasteiger partial charge in [0.05, 0.1) is 5.54 Å². The van der Waals surface area contributed by atoms with Crippen LogP contribution in [0.1, 0.15) is 20.8 Å². The Bertz CT molecular complexity index is 134. The van der Waals surface area contributed by atoms with E-state index in [-0.39, 0.29) is 0 Å². The molecule has 0 aliphatic heterocycles. The predicted molar refractivity (Wildman–Crippen MR) is 32.6 cm³/mol. The molecule has 4 heteroatoms. The van der Waals surface area contributed by atoms with Crippen LogP contribution in [0.3, 0.4) is 0 Å². The number of nitrogens with zero attached hydrogens (tertiary/aromatic N) is 2. The third-order valence-electron chi connectivity index (χ3n) is 0.436. The first-order valence-electron chi connectivity index (χ1n) is 2.57. The van der Waals surface area contributed by atoms with Gasteiger partial charge in [0.15, 0.2) is 0 Å². The molecule has 0 aliphatic rings. The van der Waals surface area contributed by atoms with Crippen molar-refractivity contribution in [2.75, 3.05) is 0 Å². The molecule has 0 aromatic carbocycles. The Labute approximate surface area is 53.6 Å². The lowest BCUT2D eigenvalue weighted by atomic mass is 10.1. The van der Waals surface area contributed by atoms with Crippen molar-refractivity contribution in [3.63, 3.8) is 0 Å². The molecule has 1 amide bonds. The number of rotatable bonds is 0. The van der Waals surface area contributed by atoms with Crippen LogP contribution in [-0.4, -0.2) is 16.7 Å². The minimum absolute atomic E-state index is 0.390. The van der Waals surface area contributed by atoms with Crippen molar-refractivity contribution in [1.82, 2.24) is 0 Å². The van der Waals surface area contributed by atoms with Crippen LogP contribution in [0, 0.1) is 0 Å². The Morgan fingerprint density at radius 2 is 1.89 bits per heavy atom.